The minimum Gasteiger partial charge on any atom is -0.302 e. The minimum atomic E-state index is -0.621. The number of carbonyl (C=O) groups is 1. The summed E-state index contributed by atoms with van der Waals surface area (Å²) in [6.07, 6.45) is 2.35. The van der Waals surface area contributed by atoms with E-state index in [2.05, 4.69) is 118 Å². The van der Waals surface area contributed by atoms with Crippen molar-refractivity contribution >= 4 is 17.2 Å². The van der Waals surface area contributed by atoms with Crippen LogP contribution < -0.4 is 4.90 Å². The maximum atomic E-state index is 14.1. The van der Waals surface area contributed by atoms with Crippen LogP contribution in [0.1, 0.15) is 54.2 Å². The first-order chi connectivity index (χ1) is 20.3. The molecule has 208 valence electrons. The Hall–Kier alpha value is -4.76. The quantitative estimate of drug-likeness (QED) is 0.193. The van der Waals surface area contributed by atoms with Gasteiger partial charge in [-0.15, -0.1) is 0 Å². The van der Waals surface area contributed by atoms with E-state index >= 15 is 0 Å². The van der Waals surface area contributed by atoms with Gasteiger partial charge in [0.1, 0.15) is 5.82 Å². The number of rotatable bonds is 6. The molecule has 0 saturated carbocycles. The first-order valence-corrected chi connectivity index (χ1v) is 14.4. The van der Waals surface area contributed by atoms with Crippen LogP contribution in [0.25, 0.3) is 5.57 Å². The summed E-state index contributed by atoms with van der Waals surface area (Å²) in [7, 11) is 0. The molecule has 0 radical (unpaired) electrons. The van der Waals surface area contributed by atoms with Crippen LogP contribution in [0.2, 0.25) is 0 Å². The topological polar surface area (TPSA) is 20.3 Å². The van der Waals surface area contributed by atoms with Gasteiger partial charge in [0.15, 0.2) is 0 Å². The van der Waals surface area contributed by atoms with Crippen LogP contribution in [-0.4, -0.2) is 11.4 Å². The van der Waals surface area contributed by atoms with Crippen LogP contribution in [0.15, 0.2) is 140 Å². The highest BCUT2D eigenvalue weighted by Gasteiger charge is 2.41. The van der Waals surface area contributed by atoms with E-state index in [0.29, 0.717) is 0 Å². The lowest BCUT2D eigenvalue weighted by Crippen LogP contribution is -2.49. The standard InChI is InChI=1S/C39H34FNO/c1-28-27-38(2,3)41(37(42)25-29-19-22-34(40)23-20-29)36-26-33(21-24-35(28)36)39(30-13-7-4-8-14-30,31-15-9-5-10-16-31)32-17-11-6-12-18-32/h4-24,26-27H,25H2,1-3H3. The molecule has 0 saturated heterocycles. The van der Waals surface area contributed by atoms with E-state index in [1.165, 1.54) is 12.1 Å². The fourth-order valence-electron chi connectivity index (χ4n) is 6.64. The van der Waals surface area contributed by atoms with Crippen LogP contribution in [0, 0.1) is 5.82 Å². The van der Waals surface area contributed by atoms with E-state index in [1.54, 1.807) is 12.1 Å². The molecule has 0 unspecified atom stereocenters. The summed E-state index contributed by atoms with van der Waals surface area (Å²) in [5, 5.41) is 0. The molecule has 3 heteroatoms. The van der Waals surface area contributed by atoms with Crippen molar-refractivity contribution in [1.29, 1.82) is 0 Å². The Kier molecular flexibility index (Phi) is 7.12. The van der Waals surface area contributed by atoms with Crippen molar-refractivity contribution in [2.24, 2.45) is 0 Å². The summed E-state index contributed by atoms with van der Waals surface area (Å²) >= 11 is 0. The first-order valence-electron chi connectivity index (χ1n) is 14.4. The Morgan fingerprint density at radius 1 is 0.690 bits per heavy atom. The third-order valence-electron chi connectivity index (χ3n) is 8.38. The molecule has 0 aromatic heterocycles. The predicted molar refractivity (Wildman–Crippen MR) is 170 cm³/mol. The lowest BCUT2D eigenvalue weighted by Gasteiger charge is -2.43. The van der Waals surface area contributed by atoms with Crippen molar-refractivity contribution in [1.82, 2.24) is 0 Å². The number of hydrogen-bond donors (Lipinski definition) is 0. The van der Waals surface area contributed by atoms with Crippen LogP contribution in [0.4, 0.5) is 10.1 Å². The Morgan fingerprint density at radius 3 is 1.69 bits per heavy atom. The minimum absolute atomic E-state index is 0.0292. The highest BCUT2D eigenvalue weighted by molar-refractivity contribution is 6.01. The molecule has 0 bridgehead atoms. The van der Waals surface area contributed by atoms with Crippen molar-refractivity contribution in [2.45, 2.75) is 38.1 Å². The van der Waals surface area contributed by atoms with E-state index in [1.807, 2.05) is 23.1 Å². The fraction of sp³-hybridized carbons (Fsp3) is 0.154. The summed E-state index contributed by atoms with van der Waals surface area (Å²) < 4.78 is 13.6. The lowest BCUT2D eigenvalue weighted by molar-refractivity contribution is -0.118. The van der Waals surface area contributed by atoms with Crippen LogP contribution >= 0.6 is 0 Å². The molecular formula is C39H34FNO. The van der Waals surface area contributed by atoms with Crippen molar-refractivity contribution in [2.75, 3.05) is 4.90 Å². The molecule has 0 atom stereocenters. The number of benzene rings is 5. The molecule has 0 aliphatic carbocycles. The fourth-order valence-corrected chi connectivity index (χ4v) is 6.64. The Balaban J connectivity index is 1.60. The van der Waals surface area contributed by atoms with Crippen LogP contribution in [-0.2, 0) is 16.6 Å². The van der Waals surface area contributed by atoms with E-state index in [4.69, 9.17) is 0 Å². The second-order valence-electron chi connectivity index (χ2n) is 11.6. The molecule has 0 N–H and O–H groups in total. The largest absolute Gasteiger partial charge is 0.302 e. The second kappa shape index (κ2) is 10.9. The van der Waals surface area contributed by atoms with E-state index in [-0.39, 0.29) is 18.1 Å². The number of allylic oxidation sites excluding steroid dienone is 1. The molecule has 0 spiro atoms. The molecule has 6 rings (SSSR count). The molecule has 1 amide bonds. The monoisotopic (exact) mass is 551 g/mol. The van der Waals surface area contributed by atoms with Gasteiger partial charge in [0.2, 0.25) is 5.91 Å². The number of fused-ring (bicyclic) bond motifs is 1. The highest BCUT2D eigenvalue weighted by Crippen LogP contribution is 2.48. The van der Waals surface area contributed by atoms with Gasteiger partial charge < -0.3 is 4.90 Å². The van der Waals surface area contributed by atoms with Gasteiger partial charge >= 0.3 is 0 Å². The van der Waals surface area contributed by atoms with Gasteiger partial charge in [-0.1, -0.05) is 121 Å². The maximum Gasteiger partial charge on any atom is 0.232 e. The molecule has 1 heterocycles. The number of amides is 1. The normalized spacial score (nSPS) is 14.2. The summed E-state index contributed by atoms with van der Waals surface area (Å²) in [5.41, 5.74) is 7.19. The third kappa shape index (κ3) is 4.75. The predicted octanol–water partition coefficient (Wildman–Crippen LogP) is 8.98. The zero-order chi connectivity index (χ0) is 29.3. The van der Waals surface area contributed by atoms with Crippen molar-refractivity contribution in [3.8, 4) is 0 Å². The van der Waals surface area contributed by atoms with Crippen LogP contribution in [0.5, 0.6) is 0 Å². The van der Waals surface area contributed by atoms with Gasteiger partial charge in [0, 0.05) is 5.56 Å². The first kappa shape index (κ1) is 27.4. The van der Waals surface area contributed by atoms with Crippen molar-refractivity contribution < 1.29 is 9.18 Å². The zero-order valence-electron chi connectivity index (χ0n) is 24.2. The third-order valence-corrected chi connectivity index (χ3v) is 8.38. The van der Waals surface area contributed by atoms with Gasteiger partial charge in [-0.3, -0.25) is 4.79 Å². The Labute approximate surface area is 247 Å². The molecule has 1 aliphatic heterocycles. The summed E-state index contributed by atoms with van der Waals surface area (Å²) in [6.45, 7) is 6.27. The number of anilines is 1. The highest BCUT2D eigenvalue weighted by atomic mass is 19.1. The van der Waals surface area contributed by atoms with Crippen molar-refractivity contribution in [3.63, 3.8) is 0 Å². The van der Waals surface area contributed by atoms with Gasteiger partial charge in [-0.25, -0.2) is 4.39 Å². The number of halogens is 1. The average Bonchev–Trinajstić information content (AvgIpc) is 3.00. The van der Waals surface area contributed by atoms with Crippen molar-refractivity contribution in [3.05, 3.63) is 179 Å². The molecule has 5 aromatic carbocycles. The Morgan fingerprint density at radius 2 is 1.19 bits per heavy atom. The molecule has 42 heavy (non-hydrogen) atoms. The molecule has 5 aromatic rings. The summed E-state index contributed by atoms with van der Waals surface area (Å²) in [4.78, 5) is 16.0. The smallest absolute Gasteiger partial charge is 0.232 e. The van der Waals surface area contributed by atoms with E-state index in [0.717, 1.165) is 44.6 Å². The second-order valence-corrected chi connectivity index (χ2v) is 11.6. The SMILES string of the molecule is CC1=CC(C)(C)N(C(=O)Cc2ccc(F)cc2)c2cc(C(c3ccccc3)(c3ccccc3)c3ccccc3)ccc21. The molecule has 1 aliphatic rings. The summed E-state index contributed by atoms with van der Waals surface area (Å²) in [6, 6.07) is 44.6. The Bertz CT molecular complexity index is 1640. The van der Waals surface area contributed by atoms with E-state index in [9.17, 15) is 9.18 Å². The molecular weight excluding hydrogens is 517 g/mol. The van der Waals surface area contributed by atoms with Gasteiger partial charge in [0.05, 0.1) is 23.1 Å². The van der Waals surface area contributed by atoms with Gasteiger partial charge in [0.25, 0.3) is 0 Å². The molecule has 2 nitrogen and oxygen atoms in total. The van der Waals surface area contributed by atoms with E-state index < -0.39 is 11.0 Å². The van der Waals surface area contributed by atoms with Gasteiger partial charge in [-0.05, 0) is 72.4 Å². The average molecular weight is 552 g/mol. The number of carbonyl (C=O) groups excluding carboxylic acids is 1. The molecule has 0 fully saturated rings. The maximum absolute atomic E-state index is 14.1. The summed E-state index contributed by atoms with van der Waals surface area (Å²) in [5.74, 6) is -0.337. The zero-order valence-corrected chi connectivity index (χ0v) is 24.2. The van der Waals surface area contributed by atoms with Gasteiger partial charge in [-0.2, -0.15) is 0 Å². The van der Waals surface area contributed by atoms with Crippen LogP contribution in [0.3, 0.4) is 0 Å². The number of hydrogen-bond acceptors (Lipinski definition) is 1. The lowest BCUT2D eigenvalue weighted by atomic mass is 9.64. The number of nitrogens with zero attached hydrogens (tertiary/aromatic N) is 1.